The first-order valence-electron chi connectivity index (χ1n) is 6.00. The number of rotatable bonds is 5. The molecule has 1 aromatic heterocycles. The Kier molecular flexibility index (Phi) is 4.07. The van der Waals surface area contributed by atoms with Crippen molar-refractivity contribution in [1.29, 1.82) is 0 Å². The largest absolute Gasteiger partial charge is 0.288 e. The third kappa shape index (κ3) is 3.17. The molecule has 92 valence electrons. The van der Waals surface area contributed by atoms with Gasteiger partial charge in [0.25, 0.3) is 0 Å². The highest BCUT2D eigenvalue weighted by atomic mass is 16.1. The van der Waals surface area contributed by atoms with Crippen molar-refractivity contribution >= 4 is 5.78 Å². The fourth-order valence-electron chi connectivity index (χ4n) is 1.79. The van der Waals surface area contributed by atoms with Crippen LogP contribution in [0.4, 0.5) is 0 Å². The maximum Gasteiger partial charge on any atom is 0.203 e. The SMILES string of the molecule is Cn1nccc1C(=O)/C=C/CCc1ccccc1. The lowest BCUT2D eigenvalue weighted by atomic mass is 10.1. The molecule has 0 aliphatic carbocycles. The number of nitrogens with zero attached hydrogens (tertiary/aromatic N) is 2. The molecule has 18 heavy (non-hydrogen) atoms. The summed E-state index contributed by atoms with van der Waals surface area (Å²) in [5.41, 5.74) is 1.90. The molecule has 0 atom stereocenters. The minimum Gasteiger partial charge on any atom is -0.288 e. The molecule has 3 nitrogen and oxygen atoms in total. The molecule has 2 aromatic rings. The van der Waals surface area contributed by atoms with E-state index in [4.69, 9.17) is 0 Å². The first kappa shape index (κ1) is 12.3. The summed E-state index contributed by atoms with van der Waals surface area (Å²) >= 11 is 0. The van der Waals surface area contributed by atoms with E-state index in [1.807, 2.05) is 24.3 Å². The second-order valence-electron chi connectivity index (χ2n) is 4.13. The first-order chi connectivity index (χ1) is 8.77. The van der Waals surface area contributed by atoms with Crippen LogP contribution in [0.25, 0.3) is 0 Å². The molecule has 0 saturated heterocycles. The monoisotopic (exact) mass is 240 g/mol. The van der Waals surface area contributed by atoms with Gasteiger partial charge in [0.15, 0.2) is 0 Å². The van der Waals surface area contributed by atoms with Gasteiger partial charge in [-0.3, -0.25) is 9.48 Å². The average molecular weight is 240 g/mol. The summed E-state index contributed by atoms with van der Waals surface area (Å²) in [6.07, 6.45) is 7.00. The Balaban J connectivity index is 1.85. The highest BCUT2D eigenvalue weighted by Gasteiger charge is 2.04. The lowest BCUT2D eigenvalue weighted by Gasteiger charge is -1.97. The molecule has 0 fully saturated rings. The Bertz CT molecular complexity index is 541. The topological polar surface area (TPSA) is 34.9 Å². The van der Waals surface area contributed by atoms with E-state index in [1.54, 1.807) is 30.1 Å². The van der Waals surface area contributed by atoms with Crippen LogP contribution in [-0.2, 0) is 13.5 Å². The fourth-order valence-corrected chi connectivity index (χ4v) is 1.79. The van der Waals surface area contributed by atoms with Gasteiger partial charge in [-0.15, -0.1) is 0 Å². The zero-order valence-electron chi connectivity index (χ0n) is 10.4. The molecule has 0 bridgehead atoms. The zero-order chi connectivity index (χ0) is 12.8. The number of carbonyl (C=O) groups is 1. The number of aromatic nitrogens is 2. The van der Waals surface area contributed by atoms with Crippen LogP contribution in [0.2, 0.25) is 0 Å². The van der Waals surface area contributed by atoms with Crippen LogP contribution in [-0.4, -0.2) is 15.6 Å². The van der Waals surface area contributed by atoms with E-state index in [9.17, 15) is 4.79 Å². The van der Waals surface area contributed by atoms with Crippen LogP contribution in [0.5, 0.6) is 0 Å². The highest BCUT2D eigenvalue weighted by Crippen LogP contribution is 2.04. The number of carbonyl (C=O) groups excluding carboxylic acids is 1. The zero-order valence-corrected chi connectivity index (χ0v) is 10.4. The van der Waals surface area contributed by atoms with Gasteiger partial charge < -0.3 is 0 Å². The van der Waals surface area contributed by atoms with Crippen LogP contribution in [0.3, 0.4) is 0 Å². The van der Waals surface area contributed by atoms with Gasteiger partial charge in [0.05, 0.1) is 0 Å². The number of hydrogen-bond acceptors (Lipinski definition) is 2. The van der Waals surface area contributed by atoms with Gasteiger partial charge in [-0.2, -0.15) is 5.10 Å². The smallest absolute Gasteiger partial charge is 0.203 e. The second-order valence-corrected chi connectivity index (χ2v) is 4.13. The van der Waals surface area contributed by atoms with Crippen molar-refractivity contribution in [3.05, 3.63) is 66.0 Å². The van der Waals surface area contributed by atoms with E-state index in [1.165, 1.54) is 5.56 Å². The Morgan fingerprint density at radius 2 is 2.06 bits per heavy atom. The third-order valence-electron chi connectivity index (χ3n) is 2.79. The highest BCUT2D eigenvalue weighted by molar-refractivity contribution is 6.03. The van der Waals surface area contributed by atoms with Crippen LogP contribution >= 0.6 is 0 Å². The molecule has 2 rings (SSSR count). The van der Waals surface area contributed by atoms with Crippen molar-refractivity contribution in [3.8, 4) is 0 Å². The van der Waals surface area contributed by atoms with Crippen LogP contribution in [0.1, 0.15) is 22.5 Å². The summed E-state index contributed by atoms with van der Waals surface area (Å²) in [6, 6.07) is 12.0. The van der Waals surface area contributed by atoms with E-state index in [2.05, 4.69) is 17.2 Å². The Labute approximate surface area is 107 Å². The summed E-state index contributed by atoms with van der Waals surface area (Å²) in [5.74, 6) is 0.00283. The van der Waals surface area contributed by atoms with E-state index in [0.29, 0.717) is 5.69 Å². The van der Waals surface area contributed by atoms with Gasteiger partial charge in [-0.25, -0.2) is 0 Å². The molecule has 0 saturated carbocycles. The van der Waals surface area contributed by atoms with Gasteiger partial charge >= 0.3 is 0 Å². The molecule has 0 unspecified atom stereocenters. The number of hydrogen-bond donors (Lipinski definition) is 0. The molecule has 0 aliphatic heterocycles. The van der Waals surface area contributed by atoms with E-state index in [-0.39, 0.29) is 5.78 Å². The quantitative estimate of drug-likeness (QED) is 0.595. The van der Waals surface area contributed by atoms with Crippen molar-refractivity contribution in [2.75, 3.05) is 0 Å². The van der Waals surface area contributed by atoms with Crippen LogP contribution in [0.15, 0.2) is 54.7 Å². The molecular formula is C15H16N2O. The number of benzene rings is 1. The molecular weight excluding hydrogens is 224 g/mol. The minimum atomic E-state index is 0.00283. The number of aryl methyl sites for hydroxylation is 2. The lowest BCUT2D eigenvalue weighted by molar-refractivity contribution is 0.103. The molecule has 0 N–H and O–H groups in total. The molecule has 0 spiro atoms. The van der Waals surface area contributed by atoms with E-state index in [0.717, 1.165) is 12.8 Å². The van der Waals surface area contributed by atoms with Crippen molar-refractivity contribution in [2.24, 2.45) is 7.05 Å². The maximum atomic E-state index is 11.8. The standard InChI is InChI=1S/C15H16N2O/c1-17-14(11-12-16-17)15(18)10-6-5-9-13-7-3-2-4-8-13/h2-4,6-8,10-12H,5,9H2,1H3/b10-6+. The molecule has 0 radical (unpaired) electrons. The van der Waals surface area contributed by atoms with E-state index >= 15 is 0 Å². The molecule has 0 amide bonds. The Hall–Kier alpha value is -2.16. The lowest BCUT2D eigenvalue weighted by Crippen LogP contribution is -2.03. The first-order valence-corrected chi connectivity index (χ1v) is 6.00. The van der Waals surface area contributed by atoms with Gasteiger partial charge in [0, 0.05) is 13.2 Å². The van der Waals surface area contributed by atoms with Crippen molar-refractivity contribution in [2.45, 2.75) is 12.8 Å². The van der Waals surface area contributed by atoms with Gasteiger partial charge in [0.2, 0.25) is 5.78 Å². The van der Waals surface area contributed by atoms with Crippen LogP contribution in [0, 0.1) is 0 Å². The predicted octanol–water partition coefficient (Wildman–Crippen LogP) is 2.79. The second kappa shape index (κ2) is 5.96. The minimum absolute atomic E-state index is 0.00283. The summed E-state index contributed by atoms with van der Waals surface area (Å²) in [5, 5.41) is 3.98. The molecule has 0 aliphatic rings. The maximum absolute atomic E-state index is 11.8. The Morgan fingerprint density at radius 1 is 1.28 bits per heavy atom. The van der Waals surface area contributed by atoms with Gasteiger partial charge in [-0.1, -0.05) is 36.4 Å². The normalized spacial score (nSPS) is 10.9. The Morgan fingerprint density at radius 3 is 2.72 bits per heavy atom. The van der Waals surface area contributed by atoms with E-state index < -0.39 is 0 Å². The predicted molar refractivity (Wildman–Crippen MR) is 71.4 cm³/mol. The van der Waals surface area contributed by atoms with Gasteiger partial charge in [-0.05, 0) is 30.5 Å². The van der Waals surface area contributed by atoms with Crippen LogP contribution < -0.4 is 0 Å². The molecule has 3 heteroatoms. The molecule has 1 aromatic carbocycles. The average Bonchev–Trinajstić information content (AvgIpc) is 2.82. The fraction of sp³-hybridized carbons (Fsp3) is 0.200. The van der Waals surface area contributed by atoms with Gasteiger partial charge in [0.1, 0.15) is 5.69 Å². The summed E-state index contributed by atoms with van der Waals surface area (Å²) in [7, 11) is 1.77. The van der Waals surface area contributed by atoms with Crippen molar-refractivity contribution < 1.29 is 4.79 Å². The summed E-state index contributed by atoms with van der Waals surface area (Å²) in [4.78, 5) is 11.8. The van der Waals surface area contributed by atoms with Crippen molar-refractivity contribution in [3.63, 3.8) is 0 Å². The number of ketones is 1. The number of allylic oxidation sites excluding steroid dienone is 2. The third-order valence-corrected chi connectivity index (χ3v) is 2.79. The molecule has 1 heterocycles. The van der Waals surface area contributed by atoms with Crippen molar-refractivity contribution in [1.82, 2.24) is 9.78 Å². The summed E-state index contributed by atoms with van der Waals surface area (Å²) in [6.45, 7) is 0. The summed E-state index contributed by atoms with van der Waals surface area (Å²) < 4.78 is 1.59.